The minimum Gasteiger partial charge on any atom is -0.375 e. The highest BCUT2D eigenvalue weighted by Crippen LogP contribution is 2.17. The SMILES string of the molecule is CC[C@@H]1CO[C@H](C)CN1C(=O)N[C@H](C)c1nnc2ccccn12. The molecule has 3 rings (SSSR count). The molecule has 0 bridgehead atoms. The Balaban J connectivity index is 1.73. The predicted octanol–water partition coefficient (Wildman–Crippen LogP) is 2.00. The van der Waals surface area contributed by atoms with Crippen molar-refractivity contribution in [3.8, 4) is 0 Å². The average molecular weight is 317 g/mol. The number of morpholine rings is 1. The van der Waals surface area contributed by atoms with Crippen molar-refractivity contribution in [3.05, 3.63) is 30.2 Å². The van der Waals surface area contributed by atoms with Gasteiger partial charge in [0.2, 0.25) is 0 Å². The van der Waals surface area contributed by atoms with Crippen LogP contribution in [-0.2, 0) is 4.74 Å². The number of nitrogens with one attached hydrogen (secondary N) is 1. The molecule has 2 aromatic heterocycles. The highest BCUT2D eigenvalue weighted by atomic mass is 16.5. The highest BCUT2D eigenvalue weighted by molar-refractivity contribution is 5.75. The van der Waals surface area contributed by atoms with Crippen LogP contribution in [-0.4, -0.2) is 50.8 Å². The molecule has 1 fully saturated rings. The van der Waals surface area contributed by atoms with Crippen LogP contribution < -0.4 is 5.32 Å². The van der Waals surface area contributed by atoms with Crippen LogP contribution in [0.2, 0.25) is 0 Å². The maximum absolute atomic E-state index is 12.7. The van der Waals surface area contributed by atoms with Crippen molar-refractivity contribution in [1.82, 2.24) is 24.8 Å². The first-order chi connectivity index (χ1) is 11.1. The zero-order chi connectivity index (χ0) is 16.4. The summed E-state index contributed by atoms with van der Waals surface area (Å²) in [6, 6.07) is 5.54. The summed E-state index contributed by atoms with van der Waals surface area (Å²) in [5, 5.41) is 11.4. The van der Waals surface area contributed by atoms with E-state index in [0.717, 1.165) is 17.9 Å². The van der Waals surface area contributed by atoms with E-state index in [1.54, 1.807) is 0 Å². The molecule has 2 aromatic rings. The summed E-state index contributed by atoms with van der Waals surface area (Å²) in [5.41, 5.74) is 0.773. The molecule has 124 valence electrons. The molecule has 1 N–H and O–H groups in total. The summed E-state index contributed by atoms with van der Waals surface area (Å²) in [6.07, 6.45) is 2.84. The predicted molar refractivity (Wildman–Crippen MR) is 86.1 cm³/mol. The first kappa shape index (κ1) is 15.7. The topological polar surface area (TPSA) is 71.8 Å². The monoisotopic (exact) mass is 317 g/mol. The Morgan fingerprint density at radius 1 is 1.48 bits per heavy atom. The molecule has 23 heavy (non-hydrogen) atoms. The maximum Gasteiger partial charge on any atom is 0.318 e. The van der Waals surface area contributed by atoms with Crippen molar-refractivity contribution in [3.63, 3.8) is 0 Å². The number of fused-ring (bicyclic) bond motifs is 1. The van der Waals surface area contributed by atoms with E-state index in [9.17, 15) is 4.79 Å². The lowest BCUT2D eigenvalue weighted by Gasteiger charge is -2.38. The highest BCUT2D eigenvalue weighted by Gasteiger charge is 2.30. The number of carbonyl (C=O) groups excluding carboxylic acids is 1. The standard InChI is InChI=1S/C16H23N5O2/c1-4-13-10-23-11(2)9-21(13)16(22)17-12(3)15-19-18-14-7-5-6-8-20(14)15/h5-8,11-13H,4,9-10H2,1-3H3,(H,17,22)/t11-,12-,13-/m1/s1. The molecule has 0 radical (unpaired) electrons. The molecule has 3 heterocycles. The summed E-state index contributed by atoms with van der Waals surface area (Å²) in [4.78, 5) is 14.5. The largest absolute Gasteiger partial charge is 0.375 e. The third kappa shape index (κ3) is 3.14. The first-order valence-electron chi connectivity index (χ1n) is 8.08. The minimum absolute atomic E-state index is 0.0628. The average Bonchev–Trinajstić information content (AvgIpc) is 2.98. The molecule has 1 aliphatic rings. The molecule has 1 saturated heterocycles. The van der Waals surface area contributed by atoms with Crippen LogP contribution in [0, 0.1) is 0 Å². The number of urea groups is 1. The number of ether oxygens (including phenoxy) is 1. The van der Waals surface area contributed by atoms with E-state index in [1.165, 1.54) is 0 Å². The molecular weight excluding hydrogens is 294 g/mol. The smallest absolute Gasteiger partial charge is 0.318 e. The third-order valence-corrected chi connectivity index (χ3v) is 4.27. The Morgan fingerprint density at radius 3 is 3.09 bits per heavy atom. The van der Waals surface area contributed by atoms with E-state index in [2.05, 4.69) is 22.4 Å². The second-order valence-electron chi connectivity index (χ2n) is 6.02. The summed E-state index contributed by atoms with van der Waals surface area (Å²) in [5.74, 6) is 0.725. The van der Waals surface area contributed by atoms with Crippen LogP contribution in [0.1, 0.15) is 39.1 Å². The second-order valence-corrected chi connectivity index (χ2v) is 6.02. The Labute approximate surface area is 135 Å². The fraction of sp³-hybridized carbons (Fsp3) is 0.562. The van der Waals surface area contributed by atoms with E-state index in [0.29, 0.717) is 13.2 Å². The van der Waals surface area contributed by atoms with Gasteiger partial charge in [-0.3, -0.25) is 4.40 Å². The number of aromatic nitrogens is 3. The maximum atomic E-state index is 12.7. The number of rotatable bonds is 3. The normalized spacial score (nSPS) is 23.0. The molecule has 7 heteroatoms. The molecule has 2 amide bonds. The summed E-state index contributed by atoms with van der Waals surface area (Å²) in [7, 11) is 0. The lowest BCUT2D eigenvalue weighted by molar-refractivity contribution is -0.0381. The van der Waals surface area contributed by atoms with E-state index in [4.69, 9.17) is 4.74 Å². The molecule has 1 aliphatic heterocycles. The Bertz CT molecular complexity index is 686. The molecule has 0 unspecified atom stereocenters. The first-order valence-corrected chi connectivity index (χ1v) is 8.08. The fourth-order valence-corrected chi connectivity index (χ4v) is 2.92. The molecular formula is C16H23N5O2. The Morgan fingerprint density at radius 2 is 2.30 bits per heavy atom. The molecule has 0 aromatic carbocycles. The van der Waals surface area contributed by atoms with Gasteiger partial charge in [-0.2, -0.15) is 0 Å². The van der Waals surface area contributed by atoms with Crippen molar-refractivity contribution in [2.75, 3.05) is 13.2 Å². The molecule has 0 saturated carbocycles. The van der Waals surface area contributed by atoms with Crippen molar-refractivity contribution in [1.29, 1.82) is 0 Å². The van der Waals surface area contributed by atoms with Crippen molar-refractivity contribution in [2.45, 2.75) is 45.4 Å². The summed E-state index contributed by atoms with van der Waals surface area (Å²) < 4.78 is 7.54. The zero-order valence-electron chi connectivity index (χ0n) is 13.8. The number of hydrogen-bond acceptors (Lipinski definition) is 4. The summed E-state index contributed by atoms with van der Waals surface area (Å²) >= 11 is 0. The number of pyridine rings is 1. The van der Waals surface area contributed by atoms with E-state index in [1.807, 2.05) is 47.5 Å². The Hall–Kier alpha value is -2.15. The second kappa shape index (κ2) is 6.54. The van der Waals surface area contributed by atoms with Gasteiger partial charge in [0, 0.05) is 12.7 Å². The van der Waals surface area contributed by atoms with Crippen molar-refractivity contribution >= 4 is 11.7 Å². The molecule has 0 aliphatic carbocycles. The Kier molecular flexibility index (Phi) is 4.47. The number of nitrogens with zero attached hydrogens (tertiary/aromatic N) is 4. The van der Waals surface area contributed by atoms with Crippen molar-refractivity contribution in [2.24, 2.45) is 0 Å². The van der Waals surface area contributed by atoms with E-state index < -0.39 is 0 Å². The van der Waals surface area contributed by atoms with Gasteiger partial charge in [-0.15, -0.1) is 10.2 Å². The van der Waals surface area contributed by atoms with Gasteiger partial charge in [-0.25, -0.2) is 4.79 Å². The molecule has 3 atom stereocenters. The van der Waals surface area contributed by atoms with Crippen LogP contribution in [0.3, 0.4) is 0 Å². The number of hydrogen-bond donors (Lipinski definition) is 1. The van der Waals surface area contributed by atoms with Gasteiger partial charge in [0.15, 0.2) is 11.5 Å². The summed E-state index contributed by atoms with van der Waals surface area (Å²) in [6.45, 7) is 7.18. The van der Waals surface area contributed by atoms with Gasteiger partial charge in [0.1, 0.15) is 0 Å². The van der Waals surface area contributed by atoms with Crippen LogP contribution >= 0.6 is 0 Å². The van der Waals surface area contributed by atoms with E-state index >= 15 is 0 Å². The van der Waals surface area contributed by atoms with E-state index in [-0.39, 0.29) is 24.2 Å². The van der Waals surface area contributed by atoms with Gasteiger partial charge in [0.25, 0.3) is 0 Å². The van der Waals surface area contributed by atoms with Crippen LogP contribution in [0.4, 0.5) is 4.79 Å². The van der Waals surface area contributed by atoms with Gasteiger partial charge < -0.3 is 15.0 Å². The number of carbonyl (C=O) groups is 1. The zero-order valence-corrected chi connectivity index (χ0v) is 13.8. The van der Waals surface area contributed by atoms with Crippen LogP contribution in [0.15, 0.2) is 24.4 Å². The van der Waals surface area contributed by atoms with Gasteiger partial charge in [-0.05, 0) is 32.4 Å². The third-order valence-electron chi connectivity index (χ3n) is 4.27. The molecule has 0 spiro atoms. The molecule has 7 nitrogen and oxygen atoms in total. The van der Waals surface area contributed by atoms with Gasteiger partial charge in [0.05, 0.1) is 24.8 Å². The quantitative estimate of drug-likeness (QED) is 0.940. The van der Waals surface area contributed by atoms with Gasteiger partial charge in [-0.1, -0.05) is 13.0 Å². The van der Waals surface area contributed by atoms with Crippen LogP contribution in [0.25, 0.3) is 5.65 Å². The number of amides is 2. The lowest BCUT2D eigenvalue weighted by atomic mass is 10.1. The van der Waals surface area contributed by atoms with Crippen molar-refractivity contribution < 1.29 is 9.53 Å². The minimum atomic E-state index is -0.226. The van der Waals surface area contributed by atoms with Gasteiger partial charge >= 0.3 is 6.03 Å². The van der Waals surface area contributed by atoms with Crippen LogP contribution in [0.5, 0.6) is 0 Å². The fourth-order valence-electron chi connectivity index (χ4n) is 2.92. The lowest BCUT2D eigenvalue weighted by Crippen LogP contribution is -2.54.